The molecule has 0 heterocycles. The molecule has 2 aromatic rings. The van der Waals surface area contributed by atoms with Crippen molar-refractivity contribution in [1.29, 1.82) is 0 Å². The van der Waals surface area contributed by atoms with Crippen molar-refractivity contribution in [2.24, 2.45) is 17.8 Å². The Morgan fingerprint density at radius 3 is 1.88 bits per heavy atom. The van der Waals surface area contributed by atoms with Crippen molar-refractivity contribution in [3.63, 3.8) is 0 Å². The van der Waals surface area contributed by atoms with Gasteiger partial charge in [-0.3, -0.25) is 4.72 Å². The maximum Gasteiger partial charge on any atom is 0.262 e. The maximum absolute atomic E-state index is 13.2. The highest BCUT2D eigenvalue weighted by Gasteiger charge is 2.52. The monoisotopic (exact) mass is 474 g/mol. The highest BCUT2D eigenvalue weighted by Crippen LogP contribution is 2.56. The topological polar surface area (TPSA) is 92.3 Å². The van der Waals surface area contributed by atoms with Gasteiger partial charge in [0.25, 0.3) is 10.0 Å². The summed E-state index contributed by atoms with van der Waals surface area (Å²) in [7, 11) is -7.43. The minimum absolute atomic E-state index is 0.169. The van der Waals surface area contributed by atoms with E-state index in [2.05, 4.69) is 9.44 Å². The minimum Gasteiger partial charge on any atom is -0.280 e. The van der Waals surface area contributed by atoms with E-state index in [9.17, 15) is 16.8 Å². The summed E-state index contributed by atoms with van der Waals surface area (Å²) in [6, 6.07) is 11.1. The molecule has 0 saturated heterocycles. The molecule has 2 aromatic carbocycles. The van der Waals surface area contributed by atoms with E-state index in [1.165, 1.54) is 43.5 Å². The SMILES string of the molecule is Cc1ccc(S(=O)(=O)Nc2ccc(S(=O)(=O)NC34CC5CC(CC(C5)C3)C4)cc2)c(C)c1. The molecule has 0 aliphatic heterocycles. The van der Waals surface area contributed by atoms with Crippen LogP contribution in [0.3, 0.4) is 0 Å². The summed E-state index contributed by atoms with van der Waals surface area (Å²) in [6.07, 6.45) is 6.55. The first kappa shape index (κ1) is 21.9. The molecule has 0 atom stereocenters. The molecule has 8 heteroatoms. The van der Waals surface area contributed by atoms with Gasteiger partial charge >= 0.3 is 0 Å². The molecule has 32 heavy (non-hydrogen) atoms. The number of sulfonamides is 2. The predicted molar refractivity (Wildman–Crippen MR) is 124 cm³/mol. The van der Waals surface area contributed by atoms with Crippen molar-refractivity contribution in [1.82, 2.24) is 4.72 Å². The molecule has 6 rings (SSSR count). The molecule has 0 amide bonds. The molecule has 4 bridgehead atoms. The first-order valence-corrected chi connectivity index (χ1v) is 14.2. The van der Waals surface area contributed by atoms with Gasteiger partial charge in [0.05, 0.1) is 9.79 Å². The van der Waals surface area contributed by atoms with Gasteiger partial charge in [-0.05, 0) is 106 Å². The first-order valence-electron chi connectivity index (χ1n) is 11.3. The highest BCUT2D eigenvalue weighted by atomic mass is 32.2. The molecule has 0 spiro atoms. The molecule has 4 aliphatic carbocycles. The van der Waals surface area contributed by atoms with Crippen LogP contribution < -0.4 is 9.44 Å². The number of nitrogens with one attached hydrogen (secondary N) is 2. The molecule has 0 unspecified atom stereocenters. The number of aryl methyl sites for hydroxylation is 2. The Balaban J connectivity index is 1.33. The number of rotatable bonds is 6. The quantitative estimate of drug-likeness (QED) is 0.651. The fourth-order valence-corrected chi connectivity index (χ4v) is 9.31. The molecule has 0 radical (unpaired) electrons. The van der Waals surface area contributed by atoms with E-state index in [4.69, 9.17) is 0 Å². The van der Waals surface area contributed by atoms with Gasteiger partial charge in [-0.25, -0.2) is 21.6 Å². The lowest BCUT2D eigenvalue weighted by Gasteiger charge is -2.56. The van der Waals surface area contributed by atoms with Crippen LogP contribution in [0, 0.1) is 31.6 Å². The minimum atomic E-state index is -3.76. The van der Waals surface area contributed by atoms with Crippen molar-refractivity contribution in [3.05, 3.63) is 53.6 Å². The second-order valence-electron chi connectivity index (χ2n) is 10.2. The van der Waals surface area contributed by atoms with E-state index in [0.717, 1.165) is 24.8 Å². The molecule has 4 aliphatic rings. The Morgan fingerprint density at radius 1 is 0.781 bits per heavy atom. The summed E-state index contributed by atoms with van der Waals surface area (Å²) in [5.74, 6) is 1.93. The molecular formula is C24H30N2O4S2. The van der Waals surface area contributed by atoms with Gasteiger partial charge < -0.3 is 0 Å². The van der Waals surface area contributed by atoms with E-state index in [0.29, 0.717) is 29.0 Å². The van der Waals surface area contributed by atoms with Crippen LogP contribution >= 0.6 is 0 Å². The van der Waals surface area contributed by atoms with Crippen LogP contribution in [0.15, 0.2) is 52.3 Å². The van der Waals surface area contributed by atoms with Crippen LogP contribution in [0.2, 0.25) is 0 Å². The van der Waals surface area contributed by atoms with E-state index >= 15 is 0 Å². The van der Waals surface area contributed by atoms with Crippen LogP contribution in [-0.2, 0) is 20.0 Å². The van der Waals surface area contributed by atoms with E-state index in [-0.39, 0.29) is 15.3 Å². The third-order valence-electron chi connectivity index (χ3n) is 7.43. The van der Waals surface area contributed by atoms with E-state index < -0.39 is 20.0 Å². The smallest absolute Gasteiger partial charge is 0.262 e. The molecule has 6 nitrogen and oxygen atoms in total. The van der Waals surface area contributed by atoms with Crippen LogP contribution in [0.25, 0.3) is 0 Å². The maximum atomic E-state index is 13.2. The standard InChI is InChI=1S/C24H30N2O4S2/c1-16-3-8-23(17(2)9-16)32(29,30)25-21-4-6-22(7-5-21)31(27,28)26-24-13-18-10-19(14-24)12-20(11-18)15-24/h3-9,18-20,25-26H,10-15H2,1-2H3. The van der Waals surface area contributed by atoms with Crippen molar-refractivity contribution in [3.8, 4) is 0 Å². The fraction of sp³-hybridized carbons (Fsp3) is 0.500. The summed E-state index contributed by atoms with van der Waals surface area (Å²) in [5.41, 5.74) is 1.68. The van der Waals surface area contributed by atoms with Gasteiger partial charge in [0.15, 0.2) is 0 Å². The van der Waals surface area contributed by atoms with Crippen LogP contribution in [0.5, 0.6) is 0 Å². The molecule has 172 valence electrons. The second kappa shape index (κ2) is 7.57. The average molecular weight is 475 g/mol. The lowest BCUT2D eigenvalue weighted by atomic mass is 9.53. The molecule has 2 N–H and O–H groups in total. The number of benzene rings is 2. The Bertz CT molecular complexity index is 1220. The van der Waals surface area contributed by atoms with Gasteiger partial charge in [-0.2, -0.15) is 0 Å². The summed E-state index contributed by atoms with van der Waals surface area (Å²) >= 11 is 0. The van der Waals surface area contributed by atoms with Crippen LogP contribution in [0.1, 0.15) is 49.7 Å². The third-order valence-corrected chi connectivity index (χ3v) is 10.6. The van der Waals surface area contributed by atoms with Crippen LogP contribution in [-0.4, -0.2) is 22.4 Å². The zero-order valence-corrected chi connectivity index (χ0v) is 20.1. The van der Waals surface area contributed by atoms with Crippen molar-refractivity contribution in [2.45, 2.75) is 67.7 Å². The van der Waals surface area contributed by atoms with Gasteiger partial charge in [0.1, 0.15) is 0 Å². The van der Waals surface area contributed by atoms with Crippen molar-refractivity contribution in [2.75, 3.05) is 4.72 Å². The Labute approximate surface area is 190 Å². The van der Waals surface area contributed by atoms with Crippen LogP contribution in [0.4, 0.5) is 5.69 Å². The fourth-order valence-electron chi connectivity index (χ4n) is 6.59. The van der Waals surface area contributed by atoms with Gasteiger partial charge in [0, 0.05) is 11.2 Å². The lowest BCUT2D eigenvalue weighted by molar-refractivity contribution is -0.00810. The number of hydrogen-bond acceptors (Lipinski definition) is 4. The predicted octanol–water partition coefficient (Wildman–Crippen LogP) is 4.35. The number of anilines is 1. The van der Waals surface area contributed by atoms with Gasteiger partial charge in [0.2, 0.25) is 10.0 Å². The summed E-state index contributed by atoms with van der Waals surface area (Å²) in [4.78, 5) is 0.381. The van der Waals surface area contributed by atoms with Crippen molar-refractivity contribution >= 4 is 25.7 Å². The second-order valence-corrected chi connectivity index (χ2v) is 13.5. The van der Waals surface area contributed by atoms with Crippen molar-refractivity contribution < 1.29 is 16.8 Å². The molecular weight excluding hydrogens is 444 g/mol. The van der Waals surface area contributed by atoms with E-state index in [1.54, 1.807) is 19.1 Å². The van der Waals surface area contributed by atoms with Gasteiger partial charge in [-0.1, -0.05) is 17.7 Å². The Kier molecular flexibility index (Phi) is 5.18. The lowest BCUT2D eigenvalue weighted by Crippen LogP contribution is -2.59. The highest BCUT2D eigenvalue weighted by molar-refractivity contribution is 7.92. The number of hydrogen-bond donors (Lipinski definition) is 2. The Hall–Kier alpha value is -1.90. The largest absolute Gasteiger partial charge is 0.280 e. The zero-order valence-electron chi connectivity index (χ0n) is 18.5. The van der Waals surface area contributed by atoms with E-state index in [1.807, 2.05) is 13.0 Å². The average Bonchev–Trinajstić information content (AvgIpc) is 2.65. The van der Waals surface area contributed by atoms with Gasteiger partial charge in [-0.15, -0.1) is 0 Å². The molecule has 0 aromatic heterocycles. The third kappa shape index (κ3) is 4.08. The Morgan fingerprint density at radius 2 is 1.34 bits per heavy atom. The summed E-state index contributed by atoms with van der Waals surface area (Å²) in [5, 5.41) is 0. The first-order chi connectivity index (χ1) is 15.0. The summed E-state index contributed by atoms with van der Waals surface area (Å²) in [6.45, 7) is 3.67. The zero-order chi connectivity index (χ0) is 22.7. The normalized spacial score (nSPS) is 29.2. The summed E-state index contributed by atoms with van der Waals surface area (Å²) < 4.78 is 57.5. The molecule has 4 fully saturated rings. The molecule has 4 saturated carbocycles.